The lowest BCUT2D eigenvalue weighted by Crippen LogP contribution is -2.49. The largest absolute Gasteiger partial charge is 0.465 e. The molecule has 1 amide bonds. The van der Waals surface area contributed by atoms with Gasteiger partial charge in [0.1, 0.15) is 8.80 Å². The molecule has 0 aliphatic carbocycles. The van der Waals surface area contributed by atoms with E-state index in [1.165, 1.54) is 0 Å². The summed E-state index contributed by atoms with van der Waals surface area (Å²) in [6.07, 6.45) is -1.09. The molecule has 2 N–H and O–H groups in total. The van der Waals surface area contributed by atoms with Crippen molar-refractivity contribution in [2.45, 2.75) is 58.2 Å². The zero-order valence-corrected chi connectivity index (χ0v) is 17.6. The molecule has 0 radical (unpaired) electrons. The highest BCUT2D eigenvalue weighted by Crippen LogP contribution is 2.41. The topological polar surface area (TPSA) is 120 Å². The molecule has 0 aromatic carbocycles. The first-order valence-electron chi connectivity index (χ1n) is 8.60. The predicted molar refractivity (Wildman–Crippen MR) is 102 cm³/mol. The van der Waals surface area contributed by atoms with Crippen molar-refractivity contribution in [3.8, 4) is 0 Å². The summed E-state index contributed by atoms with van der Waals surface area (Å²) in [6, 6.07) is 1.61. The molecule has 0 spiro atoms. The molecule has 1 aromatic rings. The van der Waals surface area contributed by atoms with E-state index in [1.807, 2.05) is 0 Å². The number of carboxylic acid groups (broad SMARTS) is 1. The van der Waals surface area contributed by atoms with Crippen LogP contribution in [0.5, 0.6) is 0 Å². The molecule has 1 heterocycles. The van der Waals surface area contributed by atoms with Crippen LogP contribution in [0, 0.1) is 10.1 Å². The minimum Gasteiger partial charge on any atom is -0.465 e. The number of nitrogens with one attached hydrogen (secondary N) is 1. The molecule has 0 saturated heterocycles. The van der Waals surface area contributed by atoms with Gasteiger partial charge in [-0.2, -0.15) is 4.68 Å². The van der Waals surface area contributed by atoms with Crippen molar-refractivity contribution in [1.29, 1.82) is 0 Å². The van der Waals surface area contributed by atoms with E-state index in [2.05, 4.69) is 52.0 Å². The number of ether oxygens (including phenoxy) is 1. The lowest BCUT2D eigenvalue weighted by molar-refractivity contribution is -0.389. The fourth-order valence-electron chi connectivity index (χ4n) is 3.59. The minimum atomic E-state index is -1.66. The standard InChI is InChI=1S/C16H30N4O5Si/c1-15(2,3)26(16(4,5)6)13-11-12(20(23)24)18-19(13)8-10-25-9-7-17-14(21)22/h11,17,26H,7-10H2,1-6H3,(H,21,22). The van der Waals surface area contributed by atoms with Gasteiger partial charge in [-0.05, 0) is 15.0 Å². The van der Waals surface area contributed by atoms with Crippen molar-refractivity contribution in [2.75, 3.05) is 19.8 Å². The Kier molecular flexibility index (Phi) is 7.33. The molecule has 0 aliphatic heterocycles. The van der Waals surface area contributed by atoms with E-state index < -0.39 is 19.8 Å². The average molecular weight is 387 g/mol. The van der Waals surface area contributed by atoms with Gasteiger partial charge in [-0.1, -0.05) is 41.5 Å². The van der Waals surface area contributed by atoms with Crippen molar-refractivity contribution >= 4 is 26.0 Å². The molecule has 0 atom stereocenters. The quantitative estimate of drug-likeness (QED) is 0.306. The molecule has 0 aliphatic rings. The number of nitrogens with zero attached hydrogens (tertiary/aromatic N) is 3. The van der Waals surface area contributed by atoms with Crippen LogP contribution in [-0.2, 0) is 11.3 Å². The van der Waals surface area contributed by atoms with Gasteiger partial charge in [0.15, 0.2) is 0 Å². The van der Waals surface area contributed by atoms with Crippen LogP contribution in [0.2, 0.25) is 10.1 Å². The maximum Gasteiger partial charge on any atom is 0.404 e. The van der Waals surface area contributed by atoms with Crippen LogP contribution < -0.4 is 10.6 Å². The summed E-state index contributed by atoms with van der Waals surface area (Å²) in [4.78, 5) is 21.1. The Morgan fingerprint density at radius 2 is 1.88 bits per heavy atom. The summed E-state index contributed by atoms with van der Waals surface area (Å²) in [5.74, 6) is -0.140. The summed E-state index contributed by atoms with van der Waals surface area (Å²) in [7, 11) is -1.66. The van der Waals surface area contributed by atoms with Gasteiger partial charge in [0, 0.05) is 11.9 Å². The van der Waals surface area contributed by atoms with Crippen LogP contribution in [0.4, 0.5) is 10.6 Å². The number of hydrogen-bond donors (Lipinski definition) is 2. The third kappa shape index (κ3) is 6.41. The van der Waals surface area contributed by atoms with Crippen LogP contribution in [0.25, 0.3) is 0 Å². The number of nitro groups is 1. The third-order valence-corrected chi connectivity index (χ3v) is 8.50. The number of carbonyl (C=O) groups is 1. The fourth-order valence-corrected chi connectivity index (χ4v) is 8.76. The smallest absolute Gasteiger partial charge is 0.404 e. The van der Waals surface area contributed by atoms with E-state index in [0.717, 1.165) is 5.32 Å². The molecular weight excluding hydrogens is 356 g/mol. The van der Waals surface area contributed by atoms with E-state index in [9.17, 15) is 14.9 Å². The summed E-state index contributed by atoms with van der Waals surface area (Å²) in [5, 5.41) is 27.1. The zero-order valence-electron chi connectivity index (χ0n) is 16.4. The molecule has 0 saturated carbocycles. The molecule has 1 aromatic heterocycles. The van der Waals surface area contributed by atoms with Crippen molar-refractivity contribution in [2.24, 2.45) is 0 Å². The molecule has 0 bridgehead atoms. The van der Waals surface area contributed by atoms with Gasteiger partial charge in [-0.3, -0.25) is 0 Å². The van der Waals surface area contributed by atoms with E-state index in [-0.39, 0.29) is 29.0 Å². The zero-order chi connectivity index (χ0) is 20.1. The lowest BCUT2D eigenvalue weighted by Gasteiger charge is -2.38. The van der Waals surface area contributed by atoms with Crippen LogP contribution >= 0.6 is 0 Å². The highest BCUT2D eigenvalue weighted by molar-refractivity contribution is 6.77. The average Bonchev–Trinajstić information content (AvgIpc) is 2.83. The molecule has 9 nitrogen and oxygen atoms in total. The van der Waals surface area contributed by atoms with Crippen LogP contribution in [0.1, 0.15) is 41.5 Å². The normalized spacial score (nSPS) is 12.4. The second-order valence-electron chi connectivity index (χ2n) is 8.42. The van der Waals surface area contributed by atoms with E-state index in [1.54, 1.807) is 10.7 Å². The molecule has 10 heteroatoms. The Morgan fingerprint density at radius 1 is 1.31 bits per heavy atom. The molecule has 0 fully saturated rings. The van der Waals surface area contributed by atoms with Crippen LogP contribution in [0.15, 0.2) is 6.07 Å². The highest BCUT2D eigenvalue weighted by Gasteiger charge is 2.42. The van der Waals surface area contributed by atoms with Crippen molar-refractivity contribution < 1.29 is 19.6 Å². The lowest BCUT2D eigenvalue weighted by atomic mass is 10.2. The van der Waals surface area contributed by atoms with Crippen LogP contribution in [-0.4, -0.2) is 54.5 Å². The molecule has 0 unspecified atom stereocenters. The number of amides is 1. The summed E-state index contributed by atoms with van der Waals surface area (Å²) >= 11 is 0. The molecular formula is C16H30N4O5Si. The SMILES string of the molecule is CC(C)(C)[SiH](c1cc([N+](=O)[O-])nn1CCOCCNC(=O)O)C(C)(C)C. The van der Waals surface area contributed by atoms with Gasteiger partial charge in [0.05, 0.1) is 30.9 Å². The minimum absolute atomic E-state index is 0.0240. The number of hydrogen-bond acceptors (Lipinski definition) is 5. The summed E-state index contributed by atoms with van der Waals surface area (Å²) < 4.78 is 7.13. The fraction of sp³-hybridized carbons (Fsp3) is 0.750. The van der Waals surface area contributed by atoms with Crippen molar-refractivity contribution in [3.05, 3.63) is 16.2 Å². The first-order chi connectivity index (χ1) is 11.8. The maximum absolute atomic E-state index is 11.2. The first kappa shape index (κ1) is 22.1. The second kappa shape index (κ2) is 8.63. The van der Waals surface area contributed by atoms with Gasteiger partial charge in [0.2, 0.25) is 0 Å². The Hall–Kier alpha value is -1.94. The van der Waals surface area contributed by atoms with Gasteiger partial charge in [-0.15, -0.1) is 0 Å². The Labute approximate surface area is 155 Å². The van der Waals surface area contributed by atoms with Crippen molar-refractivity contribution in [3.63, 3.8) is 0 Å². The maximum atomic E-state index is 11.2. The third-order valence-electron chi connectivity index (χ3n) is 3.98. The van der Waals surface area contributed by atoms with E-state index >= 15 is 0 Å². The van der Waals surface area contributed by atoms with Gasteiger partial charge >= 0.3 is 11.9 Å². The van der Waals surface area contributed by atoms with Crippen LogP contribution in [0.3, 0.4) is 0 Å². The molecule has 148 valence electrons. The molecule has 26 heavy (non-hydrogen) atoms. The van der Waals surface area contributed by atoms with Gasteiger partial charge in [0.25, 0.3) is 0 Å². The Morgan fingerprint density at radius 3 is 2.35 bits per heavy atom. The number of aromatic nitrogens is 2. The van der Waals surface area contributed by atoms with E-state index in [4.69, 9.17) is 9.84 Å². The summed E-state index contributed by atoms with van der Waals surface area (Å²) in [5.41, 5.74) is 0. The van der Waals surface area contributed by atoms with E-state index in [0.29, 0.717) is 13.2 Å². The summed E-state index contributed by atoms with van der Waals surface area (Å²) in [6.45, 7) is 14.2. The Balaban J connectivity index is 2.97. The predicted octanol–water partition coefficient (Wildman–Crippen LogP) is 2.11. The Bertz CT molecular complexity index is 620. The number of rotatable bonds is 8. The highest BCUT2D eigenvalue weighted by atomic mass is 28.3. The second-order valence-corrected chi connectivity index (χ2v) is 13.3. The van der Waals surface area contributed by atoms with Crippen molar-refractivity contribution in [1.82, 2.24) is 15.1 Å². The van der Waals surface area contributed by atoms with Gasteiger partial charge < -0.3 is 25.3 Å². The molecule has 1 rings (SSSR count). The monoisotopic (exact) mass is 386 g/mol. The first-order valence-corrected chi connectivity index (χ1v) is 10.3. The van der Waals surface area contributed by atoms with Gasteiger partial charge in [-0.25, -0.2) is 4.79 Å².